The van der Waals surface area contributed by atoms with Crippen LogP contribution in [0, 0.1) is 0 Å². The van der Waals surface area contributed by atoms with E-state index < -0.39 is 11.2 Å². The van der Waals surface area contributed by atoms with Crippen molar-refractivity contribution in [2.75, 3.05) is 13.1 Å². The summed E-state index contributed by atoms with van der Waals surface area (Å²) in [4.78, 5) is 41.8. The fourth-order valence-electron chi connectivity index (χ4n) is 6.04. The molecule has 11 nitrogen and oxygen atoms in total. The number of hydrogen-bond donors (Lipinski definition) is 2. The number of benzene rings is 2. The lowest BCUT2D eigenvalue weighted by Crippen LogP contribution is -2.36. The van der Waals surface area contributed by atoms with Gasteiger partial charge in [0.05, 0.1) is 24.0 Å². The summed E-state index contributed by atoms with van der Waals surface area (Å²) >= 11 is 0. The summed E-state index contributed by atoms with van der Waals surface area (Å²) in [6.45, 7) is 12.5. The zero-order valence-electron chi connectivity index (χ0n) is 27.5. The molecule has 4 aromatic rings. The molecule has 0 spiro atoms. The van der Waals surface area contributed by atoms with Crippen molar-refractivity contribution in [1.82, 2.24) is 34.9 Å². The third kappa shape index (κ3) is 6.93. The number of nitrogens with one attached hydrogen (secondary N) is 2. The van der Waals surface area contributed by atoms with Crippen molar-refractivity contribution in [1.29, 1.82) is 0 Å². The second kappa shape index (κ2) is 12.3. The van der Waals surface area contributed by atoms with Gasteiger partial charge in [-0.25, -0.2) is 19.6 Å². The molecule has 2 amide bonds. The highest BCUT2D eigenvalue weighted by atomic mass is 16.6. The van der Waals surface area contributed by atoms with Crippen molar-refractivity contribution in [2.45, 2.75) is 90.5 Å². The Labute approximate surface area is 269 Å². The molecule has 2 aromatic heterocycles. The quantitative estimate of drug-likeness (QED) is 0.233. The van der Waals surface area contributed by atoms with E-state index in [1.807, 2.05) is 59.9 Å². The Balaban J connectivity index is 1.11. The molecule has 46 heavy (non-hydrogen) atoms. The normalized spacial score (nSPS) is 18.7. The molecule has 2 atom stereocenters. The highest BCUT2D eigenvalue weighted by Crippen LogP contribution is 2.34. The van der Waals surface area contributed by atoms with Crippen LogP contribution in [0.4, 0.5) is 9.59 Å². The lowest BCUT2D eigenvalue weighted by Gasteiger charge is -2.27. The number of nitrogens with zero attached hydrogens (tertiary/aromatic N) is 5. The van der Waals surface area contributed by atoms with E-state index in [2.05, 4.69) is 56.6 Å². The molecule has 6 rings (SSSR count). The number of rotatable bonds is 5. The van der Waals surface area contributed by atoms with Gasteiger partial charge in [0.1, 0.15) is 22.9 Å². The van der Waals surface area contributed by atoms with Crippen LogP contribution in [0.5, 0.6) is 0 Å². The molecule has 2 aliphatic rings. The molecule has 0 radical (unpaired) electrons. The number of aromatic amines is 2. The van der Waals surface area contributed by atoms with Crippen molar-refractivity contribution in [2.24, 2.45) is 0 Å². The van der Waals surface area contributed by atoms with Crippen molar-refractivity contribution in [3.63, 3.8) is 0 Å². The number of ether oxygens (including phenoxy) is 2. The van der Waals surface area contributed by atoms with Crippen LogP contribution in [-0.4, -0.2) is 71.4 Å². The fourth-order valence-corrected chi connectivity index (χ4v) is 6.04. The van der Waals surface area contributed by atoms with Crippen molar-refractivity contribution in [3.05, 3.63) is 66.4 Å². The molecular weight excluding hydrogens is 582 g/mol. The van der Waals surface area contributed by atoms with Crippen molar-refractivity contribution < 1.29 is 19.1 Å². The van der Waals surface area contributed by atoms with Crippen LogP contribution in [0.25, 0.3) is 33.8 Å². The number of H-pyrrole nitrogens is 2. The molecule has 242 valence electrons. The molecule has 0 unspecified atom stereocenters. The van der Waals surface area contributed by atoms with E-state index in [4.69, 9.17) is 14.5 Å². The highest BCUT2D eigenvalue weighted by molar-refractivity contribution is 5.72. The number of carbonyl (C=O) groups is 2. The van der Waals surface area contributed by atoms with E-state index in [0.717, 1.165) is 59.5 Å². The third-order valence-electron chi connectivity index (χ3n) is 8.16. The smallest absolute Gasteiger partial charge is 0.410 e. The van der Waals surface area contributed by atoms with Gasteiger partial charge in [-0.2, -0.15) is 5.10 Å². The average molecular weight is 626 g/mol. The van der Waals surface area contributed by atoms with E-state index in [1.54, 1.807) is 9.80 Å². The van der Waals surface area contributed by atoms with Gasteiger partial charge in [0, 0.05) is 18.7 Å². The van der Waals surface area contributed by atoms with E-state index in [-0.39, 0.29) is 24.3 Å². The summed E-state index contributed by atoms with van der Waals surface area (Å²) in [5.74, 6) is 2.04. The van der Waals surface area contributed by atoms with Gasteiger partial charge < -0.3 is 14.5 Å². The minimum atomic E-state index is -0.552. The summed E-state index contributed by atoms with van der Waals surface area (Å²) in [5, 5.41) is 7.51. The molecule has 0 saturated carbocycles. The second-order valence-electron chi connectivity index (χ2n) is 14.0. The molecular formula is C35H43N7O4. The predicted octanol–water partition coefficient (Wildman–Crippen LogP) is 7.67. The van der Waals surface area contributed by atoms with Crippen LogP contribution in [0.2, 0.25) is 0 Å². The summed E-state index contributed by atoms with van der Waals surface area (Å²) in [6, 6.07) is 16.1. The van der Waals surface area contributed by atoms with Gasteiger partial charge >= 0.3 is 12.2 Å². The molecule has 2 aliphatic heterocycles. The van der Waals surface area contributed by atoms with Gasteiger partial charge in [-0.1, -0.05) is 48.5 Å². The Morgan fingerprint density at radius 2 is 1.20 bits per heavy atom. The molecule has 0 aliphatic carbocycles. The fraction of sp³-hybridized carbons (Fsp3) is 0.457. The van der Waals surface area contributed by atoms with Gasteiger partial charge in [0.15, 0.2) is 5.82 Å². The van der Waals surface area contributed by atoms with Gasteiger partial charge in [0.25, 0.3) is 0 Å². The Morgan fingerprint density at radius 1 is 0.717 bits per heavy atom. The summed E-state index contributed by atoms with van der Waals surface area (Å²) in [5.41, 5.74) is 3.87. The Bertz CT molecular complexity index is 1550. The minimum absolute atomic E-state index is 0.122. The number of aromatic nitrogens is 5. The summed E-state index contributed by atoms with van der Waals surface area (Å²) in [6.07, 6.45) is 4.67. The SMILES string of the molecule is CC(C)(C)OC(=O)N1CCC[C@@H]1c1nc(-c2ccc(-c3ccc(-c4cnc([C@H]5CCCN5C(=O)OC(C)(C)C)[nH]4)cc3)cc2)n[nH]1. The molecule has 2 aromatic carbocycles. The van der Waals surface area contributed by atoms with Crippen LogP contribution in [0.1, 0.15) is 91.0 Å². The Hall–Kier alpha value is -4.67. The third-order valence-corrected chi connectivity index (χ3v) is 8.16. The van der Waals surface area contributed by atoms with Crippen LogP contribution in [-0.2, 0) is 9.47 Å². The Kier molecular flexibility index (Phi) is 8.35. The summed E-state index contributed by atoms with van der Waals surface area (Å²) in [7, 11) is 0. The topological polar surface area (TPSA) is 129 Å². The van der Waals surface area contributed by atoms with Gasteiger partial charge in [0.2, 0.25) is 0 Å². The first-order chi connectivity index (χ1) is 21.8. The molecule has 4 heterocycles. The first-order valence-corrected chi connectivity index (χ1v) is 16.0. The number of amides is 2. The monoisotopic (exact) mass is 625 g/mol. The summed E-state index contributed by atoms with van der Waals surface area (Å²) < 4.78 is 11.2. The number of hydrogen-bond acceptors (Lipinski definition) is 7. The van der Waals surface area contributed by atoms with Crippen LogP contribution >= 0.6 is 0 Å². The molecule has 11 heteroatoms. The molecule has 2 saturated heterocycles. The zero-order chi connectivity index (χ0) is 32.6. The van der Waals surface area contributed by atoms with Gasteiger partial charge in [-0.3, -0.25) is 14.9 Å². The standard InChI is InChI=1S/C35H43N7O4/c1-34(2,3)45-32(43)41-19-7-9-27(41)30-36-21-26(37-30)24-15-11-22(12-16-24)23-13-17-25(18-14-23)29-38-31(40-39-29)28-10-8-20-42(28)33(44)46-35(4,5)6/h11-18,21,27-28H,7-10,19-20H2,1-6H3,(H,36,37)(H,38,39,40)/t27-,28-/m1/s1. The number of likely N-dealkylation sites (tertiary alicyclic amines) is 2. The maximum Gasteiger partial charge on any atom is 0.410 e. The second-order valence-corrected chi connectivity index (χ2v) is 14.0. The zero-order valence-corrected chi connectivity index (χ0v) is 27.5. The van der Waals surface area contributed by atoms with E-state index >= 15 is 0 Å². The van der Waals surface area contributed by atoms with E-state index in [9.17, 15) is 9.59 Å². The number of carbonyl (C=O) groups excluding carboxylic acids is 2. The van der Waals surface area contributed by atoms with Crippen LogP contribution in [0.15, 0.2) is 54.7 Å². The van der Waals surface area contributed by atoms with Gasteiger partial charge in [-0.15, -0.1) is 0 Å². The minimum Gasteiger partial charge on any atom is -0.444 e. The lowest BCUT2D eigenvalue weighted by atomic mass is 10.0. The van der Waals surface area contributed by atoms with E-state index in [0.29, 0.717) is 24.7 Å². The van der Waals surface area contributed by atoms with E-state index in [1.165, 1.54) is 0 Å². The Morgan fingerprint density at radius 3 is 1.72 bits per heavy atom. The van der Waals surface area contributed by atoms with Crippen LogP contribution < -0.4 is 0 Å². The lowest BCUT2D eigenvalue weighted by molar-refractivity contribution is 0.0208. The first kappa shape index (κ1) is 31.3. The average Bonchev–Trinajstić information content (AvgIpc) is 3.82. The van der Waals surface area contributed by atoms with Crippen molar-refractivity contribution >= 4 is 12.2 Å². The van der Waals surface area contributed by atoms with Crippen LogP contribution in [0.3, 0.4) is 0 Å². The molecule has 2 N–H and O–H groups in total. The maximum atomic E-state index is 12.8. The van der Waals surface area contributed by atoms with Gasteiger partial charge in [-0.05, 0) is 83.9 Å². The highest BCUT2D eigenvalue weighted by Gasteiger charge is 2.36. The maximum absolute atomic E-state index is 12.8. The largest absolute Gasteiger partial charge is 0.444 e. The molecule has 0 bridgehead atoms. The van der Waals surface area contributed by atoms with Crippen molar-refractivity contribution in [3.8, 4) is 33.8 Å². The predicted molar refractivity (Wildman–Crippen MR) is 175 cm³/mol. The first-order valence-electron chi connectivity index (χ1n) is 16.0. The number of imidazole rings is 1. The molecule has 2 fully saturated rings.